The molecule has 0 atom stereocenters. The topological polar surface area (TPSA) is 51.2 Å². The van der Waals surface area contributed by atoms with Crippen molar-refractivity contribution in [3.63, 3.8) is 0 Å². The Morgan fingerprint density at radius 1 is 1.08 bits per heavy atom. The number of fused-ring (bicyclic) bond motifs is 1. The van der Waals surface area contributed by atoms with E-state index in [4.69, 9.17) is 4.84 Å². The third kappa shape index (κ3) is 3.60. The smallest absolute Gasteiger partial charge is 0.269 e. The van der Waals surface area contributed by atoms with Crippen molar-refractivity contribution in [2.75, 3.05) is 0 Å². The Hall–Kier alpha value is -2.72. The lowest BCUT2D eigenvalue weighted by Gasteiger charge is -2.12. The number of hydroxylamine groups is 1. The second kappa shape index (κ2) is 7.23. The highest BCUT2D eigenvalue weighted by Crippen LogP contribution is 2.22. The van der Waals surface area contributed by atoms with Crippen LogP contribution in [0.5, 0.6) is 0 Å². The molecular weight excluding hydrogens is 300 g/mol. The molecule has 3 rings (SSSR count). The summed E-state index contributed by atoms with van der Waals surface area (Å²) in [4.78, 5) is 22.5. The van der Waals surface area contributed by atoms with Gasteiger partial charge in [-0.3, -0.25) is 14.6 Å². The number of nitrogens with one attached hydrogen (secondary N) is 1. The second-order valence-corrected chi connectivity index (χ2v) is 5.97. The molecule has 0 aliphatic heterocycles. The van der Waals surface area contributed by atoms with Crippen LogP contribution in [0.3, 0.4) is 0 Å². The van der Waals surface area contributed by atoms with Crippen molar-refractivity contribution in [3.8, 4) is 0 Å². The van der Waals surface area contributed by atoms with Gasteiger partial charge in [0, 0.05) is 11.1 Å². The Bertz CT molecular complexity index is 845. The maximum atomic E-state index is 12.6. The minimum absolute atomic E-state index is 0.242. The second-order valence-electron chi connectivity index (χ2n) is 5.97. The first-order valence-electron chi connectivity index (χ1n) is 8.01. The summed E-state index contributed by atoms with van der Waals surface area (Å²) in [6.45, 7) is 4.45. The van der Waals surface area contributed by atoms with E-state index in [9.17, 15) is 4.79 Å². The van der Waals surface area contributed by atoms with Gasteiger partial charge in [-0.25, -0.2) is 5.48 Å². The Labute approximate surface area is 141 Å². The number of pyridine rings is 1. The maximum Gasteiger partial charge on any atom is 0.275 e. The van der Waals surface area contributed by atoms with Gasteiger partial charge in [0.1, 0.15) is 0 Å². The van der Waals surface area contributed by atoms with Crippen LogP contribution in [0.15, 0.2) is 60.7 Å². The first-order chi connectivity index (χ1) is 11.6. The Balaban J connectivity index is 1.81. The first kappa shape index (κ1) is 16.1. The van der Waals surface area contributed by atoms with Crippen molar-refractivity contribution < 1.29 is 9.63 Å². The standard InChI is InChI=1S/C20H20N2O2/c1-14(2)19-12-17(16-10-6-7-11-18(16)21-19)20(23)22-24-13-15-8-4-3-5-9-15/h3-12,14H,13H2,1-2H3,(H,22,23). The number of carbonyl (C=O) groups is 1. The SMILES string of the molecule is CC(C)c1cc(C(=O)NOCc2ccccc2)c2ccccc2n1. The van der Waals surface area contributed by atoms with E-state index in [2.05, 4.69) is 24.3 Å². The van der Waals surface area contributed by atoms with Crippen molar-refractivity contribution in [1.82, 2.24) is 10.5 Å². The molecule has 1 aromatic heterocycles. The molecule has 0 unspecified atom stereocenters. The number of carbonyl (C=O) groups excluding carboxylic acids is 1. The molecule has 24 heavy (non-hydrogen) atoms. The molecule has 4 heteroatoms. The van der Waals surface area contributed by atoms with Crippen molar-refractivity contribution in [2.45, 2.75) is 26.4 Å². The number of para-hydroxylation sites is 1. The fraction of sp³-hybridized carbons (Fsp3) is 0.200. The van der Waals surface area contributed by atoms with Gasteiger partial charge in [-0.15, -0.1) is 0 Å². The van der Waals surface area contributed by atoms with Crippen LogP contribution in [-0.4, -0.2) is 10.9 Å². The molecule has 0 bridgehead atoms. The summed E-state index contributed by atoms with van der Waals surface area (Å²) in [5.74, 6) is -0.0159. The lowest BCUT2D eigenvalue weighted by atomic mass is 10.0. The average Bonchev–Trinajstić information content (AvgIpc) is 2.61. The van der Waals surface area contributed by atoms with E-state index < -0.39 is 0 Å². The van der Waals surface area contributed by atoms with Gasteiger partial charge < -0.3 is 0 Å². The molecule has 1 amide bonds. The molecule has 0 fully saturated rings. The number of hydrogen-bond donors (Lipinski definition) is 1. The lowest BCUT2D eigenvalue weighted by molar-refractivity contribution is 0.0235. The van der Waals surface area contributed by atoms with E-state index in [1.165, 1.54) is 0 Å². The molecule has 122 valence electrons. The first-order valence-corrected chi connectivity index (χ1v) is 8.01. The zero-order chi connectivity index (χ0) is 16.9. The minimum atomic E-state index is -0.258. The normalized spacial score (nSPS) is 11.0. The summed E-state index contributed by atoms with van der Waals surface area (Å²) in [6, 6.07) is 19.2. The van der Waals surface area contributed by atoms with Gasteiger partial charge in [-0.2, -0.15) is 0 Å². The monoisotopic (exact) mass is 320 g/mol. The summed E-state index contributed by atoms with van der Waals surface area (Å²) in [5.41, 5.74) is 5.83. The van der Waals surface area contributed by atoms with Crippen LogP contribution in [0, 0.1) is 0 Å². The molecule has 3 aromatic rings. The number of hydrogen-bond acceptors (Lipinski definition) is 3. The Kier molecular flexibility index (Phi) is 4.87. The quantitative estimate of drug-likeness (QED) is 0.716. The number of nitrogens with zero attached hydrogens (tertiary/aromatic N) is 1. The van der Waals surface area contributed by atoms with Crippen LogP contribution >= 0.6 is 0 Å². The van der Waals surface area contributed by atoms with Crippen molar-refractivity contribution in [2.24, 2.45) is 0 Å². The van der Waals surface area contributed by atoms with Gasteiger partial charge in [0.05, 0.1) is 17.7 Å². The lowest BCUT2D eigenvalue weighted by Crippen LogP contribution is -2.24. The van der Waals surface area contributed by atoms with Crippen molar-refractivity contribution in [1.29, 1.82) is 0 Å². The summed E-state index contributed by atoms with van der Waals surface area (Å²) in [5, 5.41) is 0.822. The van der Waals surface area contributed by atoms with Gasteiger partial charge in [-0.1, -0.05) is 62.4 Å². The van der Waals surface area contributed by atoms with E-state index in [1.807, 2.05) is 60.7 Å². The Morgan fingerprint density at radius 3 is 2.54 bits per heavy atom. The third-order valence-corrected chi connectivity index (χ3v) is 3.82. The van der Waals surface area contributed by atoms with Gasteiger partial charge in [-0.05, 0) is 23.6 Å². The van der Waals surface area contributed by atoms with E-state index >= 15 is 0 Å². The zero-order valence-electron chi connectivity index (χ0n) is 13.8. The molecule has 4 nitrogen and oxygen atoms in total. The van der Waals surface area contributed by atoms with Gasteiger partial charge in [0.2, 0.25) is 0 Å². The van der Waals surface area contributed by atoms with Crippen LogP contribution < -0.4 is 5.48 Å². The van der Waals surface area contributed by atoms with Crippen LogP contribution in [-0.2, 0) is 11.4 Å². The van der Waals surface area contributed by atoms with Gasteiger partial charge in [0.15, 0.2) is 0 Å². The van der Waals surface area contributed by atoms with E-state index in [0.717, 1.165) is 22.2 Å². The number of rotatable bonds is 5. The summed E-state index contributed by atoms with van der Waals surface area (Å²) in [6.07, 6.45) is 0. The fourth-order valence-electron chi connectivity index (χ4n) is 2.49. The van der Waals surface area contributed by atoms with Crippen molar-refractivity contribution >= 4 is 16.8 Å². The van der Waals surface area contributed by atoms with E-state index in [-0.39, 0.29) is 11.8 Å². The average molecular weight is 320 g/mol. The molecule has 1 N–H and O–H groups in total. The number of aromatic nitrogens is 1. The molecule has 0 spiro atoms. The predicted molar refractivity (Wildman–Crippen MR) is 94.5 cm³/mol. The largest absolute Gasteiger partial charge is 0.275 e. The van der Waals surface area contributed by atoms with Crippen LogP contribution in [0.25, 0.3) is 10.9 Å². The molecular formula is C20H20N2O2. The molecule has 0 saturated heterocycles. The van der Waals surface area contributed by atoms with Crippen LogP contribution in [0.4, 0.5) is 0 Å². The molecule has 0 aliphatic carbocycles. The van der Waals surface area contributed by atoms with Gasteiger partial charge in [0.25, 0.3) is 5.91 Å². The highest BCUT2D eigenvalue weighted by atomic mass is 16.6. The summed E-state index contributed by atoms with van der Waals surface area (Å²) in [7, 11) is 0. The minimum Gasteiger partial charge on any atom is -0.269 e. The van der Waals surface area contributed by atoms with E-state index in [1.54, 1.807) is 0 Å². The molecule has 2 aromatic carbocycles. The molecule has 0 aliphatic rings. The summed E-state index contributed by atoms with van der Waals surface area (Å²) < 4.78 is 0. The maximum absolute atomic E-state index is 12.6. The highest BCUT2D eigenvalue weighted by molar-refractivity contribution is 6.05. The third-order valence-electron chi connectivity index (χ3n) is 3.82. The van der Waals surface area contributed by atoms with Crippen molar-refractivity contribution in [3.05, 3.63) is 77.5 Å². The molecule has 0 saturated carbocycles. The Morgan fingerprint density at radius 2 is 1.79 bits per heavy atom. The van der Waals surface area contributed by atoms with E-state index in [0.29, 0.717) is 12.2 Å². The van der Waals surface area contributed by atoms with Crippen LogP contribution in [0.2, 0.25) is 0 Å². The fourth-order valence-corrected chi connectivity index (χ4v) is 2.49. The number of amides is 1. The molecule has 1 heterocycles. The number of benzene rings is 2. The highest BCUT2D eigenvalue weighted by Gasteiger charge is 2.14. The zero-order valence-corrected chi connectivity index (χ0v) is 13.8. The van der Waals surface area contributed by atoms with Crippen LogP contribution in [0.1, 0.15) is 41.4 Å². The molecule has 0 radical (unpaired) electrons. The summed E-state index contributed by atoms with van der Waals surface area (Å²) >= 11 is 0. The van der Waals surface area contributed by atoms with Gasteiger partial charge >= 0.3 is 0 Å². The predicted octanol–water partition coefficient (Wildman–Crippen LogP) is 4.22.